The van der Waals surface area contributed by atoms with Crippen molar-refractivity contribution in [2.24, 2.45) is 0 Å². The van der Waals surface area contributed by atoms with Crippen molar-refractivity contribution >= 4 is 0 Å². The van der Waals surface area contributed by atoms with E-state index in [2.05, 4.69) is 37.3 Å². The van der Waals surface area contributed by atoms with Crippen LogP contribution in [-0.4, -0.2) is 0 Å². The van der Waals surface area contributed by atoms with Gasteiger partial charge in [0.15, 0.2) is 0 Å². The zero-order chi connectivity index (χ0) is 56.7. The number of hydrogen-bond donors (Lipinski definition) is 0. The largest absolute Gasteiger partial charge is 0.0654 e. The van der Waals surface area contributed by atoms with Crippen LogP contribution >= 0.6 is 0 Å². The zero-order valence-electron chi connectivity index (χ0n) is 56.0. The Morgan fingerprint density at radius 1 is 0.138 bits per heavy atom. The summed E-state index contributed by atoms with van der Waals surface area (Å²) < 4.78 is 0. The van der Waals surface area contributed by atoms with E-state index in [1.165, 1.54) is 474 Å². The lowest BCUT2D eigenvalue weighted by molar-refractivity contribution is 0.506. The van der Waals surface area contributed by atoms with Crippen LogP contribution in [-0.2, 0) is 6.42 Å². The number of rotatable bonds is 73. The molecule has 0 atom stereocenters. The van der Waals surface area contributed by atoms with E-state index in [4.69, 9.17) is 0 Å². The van der Waals surface area contributed by atoms with Crippen LogP contribution in [0.1, 0.15) is 475 Å². The van der Waals surface area contributed by atoms with E-state index in [0.717, 1.165) is 0 Å². The third kappa shape index (κ3) is 68.0. The van der Waals surface area contributed by atoms with Gasteiger partial charge in [-0.15, -0.1) is 0 Å². The summed E-state index contributed by atoms with van der Waals surface area (Å²) in [5.74, 6) is 0. The van der Waals surface area contributed by atoms with Crippen molar-refractivity contribution in [1.29, 1.82) is 0 Å². The smallest absolute Gasteiger partial charge is 0.0279 e. The van der Waals surface area contributed by atoms with E-state index < -0.39 is 0 Å². The Bertz CT molecular complexity index is 1170. The van der Waals surface area contributed by atoms with Crippen LogP contribution in [0.3, 0.4) is 0 Å². The molecule has 80 heavy (non-hydrogen) atoms. The lowest BCUT2D eigenvalue weighted by atomic mass is 10.0. The minimum Gasteiger partial charge on any atom is -0.0654 e. The molecule has 0 heteroatoms. The summed E-state index contributed by atoms with van der Waals surface area (Å²) in [5, 5.41) is 0. The fourth-order valence-electron chi connectivity index (χ4n) is 13.4. The molecule has 0 bridgehead atoms. The second kappa shape index (κ2) is 72.5. The minimum atomic E-state index is 1.26. The van der Waals surface area contributed by atoms with Crippen LogP contribution < -0.4 is 0 Å². The van der Waals surface area contributed by atoms with E-state index >= 15 is 0 Å². The third-order valence-electron chi connectivity index (χ3n) is 19.2. The molecule has 0 amide bonds. The van der Waals surface area contributed by atoms with Gasteiger partial charge in [-0.25, -0.2) is 0 Å². The molecule has 0 spiro atoms. The molecule has 0 aromatic heterocycles. The summed E-state index contributed by atoms with van der Waals surface area (Å²) in [4.78, 5) is 0. The summed E-state index contributed by atoms with van der Waals surface area (Å²) in [5.41, 5.74) is 1.51. The maximum atomic E-state index is 2.32. The van der Waals surface area contributed by atoms with Gasteiger partial charge in [0.1, 0.15) is 0 Å². The Kier molecular flexibility index (Phi) is 70.0. The van der Waals surface area contributed by atoms with Crippen LogP contribution in [0.5, 0.6) is 0 Å². The molecule has 0 nitrogen and oxygen atoms in total. The Labute approximate surface area is 508 Å². The third-order valence-corrected chi connectivity index (χ3v) is 19.2. The van der Waals surface area contributed by atoms with E-state index in [9.17, 15) is 0 Å². The maximum Gasteiger partial charge on any atom is -0.0279 e. The van der Waals surface area contributed by atoms with E-state index in [1.807, 2.05) is 0 Å². The molecule has 0 N–H and O–H groups in total. The molecule has 0 aliphatic carbocycles. The number of aryl methyl sites for hydroxylation is 1. The number of unbranched alkanes of at least 4 members (excludes halogenated alkanes) is 71. The van der Waals surface area contributed by atoms with Crippen molar-refractivity contribution < 1.29 is 0 Å². The van der Waals surface area contributed by atoms with E-state index in [1.54, 1.807) is 0 Å². The van der Waals surface area contributed by atoms with Crippen LogP contribution in [0.4, 0.5) is 0 Å². The molecule has 0 heterocycles. The average molecular weight is 1120 g/mol. The highest BCUT2D eigenvalue weighted by atomic mass is 14.1. The second-order valence-corrected chi connectivity index (χ2v) is 27.3. The fraction of sp³-hybridized carbons (Fsp3) is 0.925. The molecule has 1 rings (SSSR count). The zero-order valence-corrected chi connectivity index (χ0v) is 56.0. The molecule has 0 saturated heterocycles. The molecule has 0 radical (unpaired) electrons. The van der Waals surface area contributed by atoms with Crippen molar-refractivity contribution in [3.05, 3.63) is 35.9 Å². The summed E-state index contributed by atoms with van der Waals surface area (Å²) >= 11 is 0. The van der Waals surface area contributed by atoms with Gasteiger partial charge in [-0.2, -0.15) is 0 Å². The molecular weight excluding hydrogens is 961 g/mol. The molecule has 0 fully saturated rings. The molecular formula is C80H154. The van der Waals surface area contributed by atoms with Crippen LogP contribution in [0.15, 0.2) is 30.3 Å². The van der Waals surface area contributed by atoms with Crippen molar-refractivity contribution in [2.45, 2.75) is 476 Å². The Balaban J connectivity index is 1.58. The van der Waals surface area contributed by atoms with Gasteiger partial charge in [-0.1, -0.05) is 493 Å². The highest BCUT2D eigenvalue weighted by Gasteiger charge is 2.02. The van der Waals surface area contributed by atoms with Gasteiger partial charge in [0.2, 0.25) is 0 Å². The predicted molar refractivity (Wildman–Crippen MR) is 368 cm³/mol. The Morgan fingerprint density at radius 2 is 0.250 bits per heavy atom. The Morgan fingerprint density at radius 3 is 0.375 bits per heavy atom. The normalized spacial score (nSPS) is 11.7. The minimum absolute atomic E-state index is 1.26. The second-order valence-electron chi connectivity index (χ2n) is 27.3. The van der Waals surface area contributed by atoms with Crippen LogP contribution in [0.2, 0.25) is 0 Å². The molecule has 0 unspecified atom stereocenters. The lowest BCUT2D eigenvalue weighted by Gasteiger charge is -2.05. The highest BCUT2D eigenvalue weighted by molar-refractivity contribution is 5.14. The van der Waals surface area contributed by atoms with Crippen molar-refractivity contribution in [2.75, 3.05) is 0 Å². The summed E-state index contributed by atoms with van der Waals surface area (Å²) in [7, 11) is 0. The van der Waals surface area contributed by atoms with Gasteiger partial charge in [-0.05, 0) is 18.4 Å². The molecule has 0 aliphatic rings. The summed E-state index contributed by atoms with van der Waals surface area (Å²) in [6.45, 7) is 2.32. The van der Waals surface area contributed by atoms with Gasteiger partial charge < -0.3 is 0 Å². The first-order valence-corrected chi connectivity index (χ1v) is 39.0. The van der Waals surface area contributed by atoms with Gasteiger partial charge in [0.05, 0.1) is 0 Å². The quantitative estimate of drug-likeness (QED) is 0.0570. The van der Waals surface area contributed by atoms with E-state index in [-0.39, 0.29) is 0 Å². The molecule has 0 aliphatic heterocycles. The van der Waals surface area contributed by atoms with Gasteiger partial charge >= 0.3 is 0 Å². The molecule has 474 valence electrons. The molecule has 1 aromatic carbocycles. The summed E-state index contributed by atoms with van der Waals surface area (Å²) in [6, 6.07) is 11.0. The van der Waals surface area contributed by atoms with Gasteiger partial charge in [0, 0.05) is 0 Å². The van der Waals surface area contributed by atoms with Crippen molar-refractivity contribution in [3.63, 3.8) is 0 Å². The van der Waals surface area contributed by atoms with Crippen LogP contribution in [0, 0.1) is 0 Å². The molecule has 0 saturated carbocycles. The average Bonchev–Trinajstić information content (AvgIpc) is 3.47. The van der Waals surface area contributed by atoms with Gasteiger partial charge in [0.25, 0.3) is 0 Å². The number of benzene rings is 1. The maximum absolute atomic E-state index is 2.32. The fourth-order valence-corrected chi connectivity index (χ4v) is 13.4. The van der Waals surface area contributed by atoms with Crippen LogP contribution in [0.25, 0.3) is 0 Å². The first-order chi connectivity index (χ1) is 39.9. The Hall–Kier alpha value is -0.780. The summed E-state index contributed by atoms with van der Waals surface area (Å²) in [6.07, 6.45) is 108. The first kappa shape index (κ1) is 77.2. The van der Waals surface area contributed by atoms with Crippen molar-refractivity contribution in [3.8, 4) is 0 Å². The predicted octanol–water partition coefficient (Wildman–Crippen LogP) is 30.3. The lowest BCUT2D eigenvalue weighted by Crippen LogP contribution is -1.86. The number of hydrogen-bond acceptors (Lipinski definition) is 0. The first-order valence-electron chi connectivity index (χ1n) is 39.0. The van der Waals surface area contributed by atoms with E-state index in [0.29, 0.717) is 0 Å². The standard InChI is InChI=1S/C80H154/c1-2-3-4-5-6-7-8-9-10-11-12-13-14-15-16-17-18-19-20-21-22-23-24-25-26-27-28-29-30-31-32-33-34-35-36-37-38-39-40-41-42-43-44-45-46-47-48-49-50-51-52-53-54-55-56-57-58-59-60-61-62-63-64-65-66-67-68-69-70-71-72-74-77-80-78-75-73-76-79-80/h73,75-76,78-79H,2-72,74,77H2,1H3. The topological polar surface area (TPSA) is 0 Å². The van der Waals surface area contributed by atoms with Crippen molar-refractivity contribution in [1.82, 2.24) is 0 Å². The van der Waals surface area contributed by atoms with Gasteiger partial charge in [-0.3, -0.25) is 0 Å². The SMILES string of the molecule is CCCCCCCCCCCCCCCCCCCCCCCCCCCCCCCCCCCCCCCCCCCCCCCCCCCCCCCCCCCCCCCCCCCCCCCCCCc1ccccc1. The molecule has 1 aromatic rings. The highest BCUT2D eigenvalue weighted by Crippen LogP contribution is 2.21. The monoisotopic (exact) mass is 1120 g/mol.